The lowest BCUT2D eigenvalue weighted by atomic mass is 10.0. The Bertz CT molecular complexity index is 1940. The lowest BCUT2D eigenvalue weighted by molar-refractivity contribution is 0.0481. The molecule has 43 heavy (non-hydrogen) atoms. The van der Waals surface area contributed by atoms with Gasteiger partial charge in [-0.3, -0.25) is 0 Å². The van der Waals surface area contributed by atoms with Crippen molar-refractivity contribution in [3.63, 3.8) is 0 Å². The molecule has 7 rings (SSSR count). The number of methoxy groups -OCH3 is 2. The van der Waals surface area contributed by atoms with Crippen molar-refractivity contribution in [3.8, 4) is 57.1 Å². The van der Waals surface area contributed by atoms with Crippen LogP contribution in [0.15, 0.2) is 103 Å². The smallest absolute Gasteiger partial charge is 0.299 e. The van der Waals surface area contributed by atoms with Crippen molar-refractivity contribution < 1.29 is 18.3 Å². The molecule has 0 bridgehead atoms. The summed E-state index contributed by atoms with van der Waals surface area (Å²) in [6.07, 6.45) is 0. The van der Waals surface area contributed by atoms with Crippen molar-refractivity contribution >= 4 is 0 Å². The zero-order valence-electron chi connectivity index (χ0n) is 23.3. The van der Waals surface area contributed by atoms with Crippen LogP contribution in [0.3, 0.4) is 0 Å². The molecule has 0 radical (unpaired) electrons. The topological polar surface area (TPSA) is 75.0 Å². The Morgan fingerprint density at radius 3 is 1.84 bits per heavy atom. The molecule has 0 spiro atoms. The minimum atomic E-state index is -3.26. The van der Waals surface area contributed by atoms with Crippen LogP contribution in [-0.4, -0.2) is 39.0 Å². The Balaban J connectivity index is 1.31. The summed E-state index contributed by atoms with van der Waals surface area (Å²) in [7, 11) is 2.94. The fourth-order valence-corrected chi connectivity index (χ4v) is 5.37. The molecule has 0 aliphatic heterocycles. The third-order valence-corrected chi connectivity index (χ3v) is 7.50. The number of hydrogen-bond acceptors (Lipinski definition) is 6. The molecule has 7 nitrogen and oxygen atoms in total. The Morgan fingerprint density at radius 2 is 1.21 bits per heavy atom. The van der Waals surface area contributed by atoms with Gasteiger partial charge in [-0.15, -0.1) is 0 Å². The molecule has 0 amide bonds. The zero-order chi connectivity index (χ0) is 29.6. The third kappa shape index (κ3) is 4.68. The van der Waals surface area contributed by atoms with Crippen molar-refractivity contribution in [2.45, 2.75) is 12.5 Å². The van der Waals surface area contributed by atoms with Crippen LogP contribution in [0, 0.1) is 0 Å². The largest absolute Gasteiger partial charge is 0.481 e. The first kappa shape index (κ1) is 26.5. The summed E-state index contributed by atoms with van der Waals surface area (Å²) < 4.78 is 44.6. The van der Waals surface area contributed by atoms with Crippen LogP contribution >= 0.6 is 0 Å². The van der Waals surface area contributed by atoms with Crippen LogP contribution in [-0.2, 0) is 12.5 Å². The van der Waals surface area contributed by atoms with Crippen molar-refractivity contribution in [3.05, 3.63) is 120 Å². The fourth-order valence-electron chi connectivity index (χ4n) is 5.37. The van der Waals surface area contributed by atoms with E-state index >= 15 is 8.78 Å². The first-order valence-corrected chi connectivity index (χ1v) is 13.6. The predicted molar refractivity (Wildman–Crippen MR) is 159 cm³/mol. The second-order valence-electron chi connectivity index (χ2n) is 10.1. The number of fused-ring (bicyclic) bond motifs is 3. The van der Waals surface area contributed by atoms with E-state index in [9.17, 15) is 0 Å². The van der Waals surface area contributed by atoms with Gasteiger partial charge >= 0.3 is 0 Å². The lowest BCUT2D eigenvalue weighted by Crippen LogP contribution is -2.12. The summed E-state index contributed by atoms with van der Waals surface area (Å²) in [5.74, 6) is -1.44. The minimum absolute atomic E-state index is 0.0863. The number of benzene rings is 4. The van der Waals surface area contributed by atoms with E-state index < -0.39 is 5.92 Å². The van der Waals surface area contributed by atoms with E-state index in [0.29, 0.717) is 40.4 Å². The van der Waals surface area contributed by atoms with Crippen LogP contribution in [0.4, 0.5) is 8.78 Å². The van der Waals surface area contributed by atoms with E-state index in [2.05, 4.69) is 9.97 Å². The highest BCUT2D eigenvalue weighted by Gasteiger charge is 2.45. The molecular formula is C34H25F2N5O2. The average molecular weight is 574 g/mol. The molecular weight excluding hydrogens is 548 g/mol. The van der Waals surface area contributed by atoms with Crippen LogP contribution in [0.2, 0.25) is 0 Å². The molecule has 1 aliphatic rings. The average Bonchev–Trinajstić information content (AvgIpc) is 3.57. The van der Waals surface area contributed by atoms with E-state index in [1.54, 1.807) is 22.9 Å². The summed E-state index contributed by atoms with van der Waals surface area (Å²) in [5.41, 5.74) is 3.58. The number of halogens is 2. The normalized spacial score (nSPS) is 12.9. The lowest BCUT2D eigenvalue weighted by Gasteiger charge is -2.14. The third-order valence-electron chi connectivity index (χ3n) is 7.50. The summed E-state index contributed by atoms with van der Waals surface area (Å²) >= 11 is 0. The molecule has 0 atom stereocenters. The molecule has 2 heterocycles. The maximum atomic E-state index is 16.2. The molecule has 0 fully saturated rings. The molecule has 9 heteroatoms. The van der Waals surface area contributed by atoms with E-state index in [4.69, 9.17) is 19.6 Å². The highest BCUT2D eigenvalue weighted by atomic mass is 19.3. The number of aromatic nitrogens is 5. The van der Waals surface area contributed by atoms with Gasteiger partial charge in [0.1, 0.15) is 0 Å². The predicted octanol–water partition coefficient (Wildman–Crippen LogP) is 7.26. The molecule has 1 aliphatic carbocycles. The van der Waals surface area contributed by atoms with Crippen molar-refractivity contribution in [2.75, 3.05) is 14.2 Å². The van der Waals surface area contributed by atoms with Crippen molar-refractivity contribution in [2.24, 2.45) is 0 Å². The first-order chi connectivity index (χ1) is 20.9. The van der Waals surface area contributed by atoms with Gasteiger partial charge in [-0.2, -0.15) is 23.8 Å². The Kier molecular flexibility index (Phi) is 6.42. The van der Waals surface area contributed by atoms with Crippen LogP contribution in [0.5, 0.6) is 11.8 Å². The first-order valence-electron chi connectivity index (χ1n) is 13.6. The summed E-state index contributed by atoms with van der Waals surface area (Å²) in [6.45, 7) is 0.442. The van der Waals surface area contributed by atoms with Gasteiger partial charge in [-0.1, -0.05) is 84.9 Å². The monoisotopic (exact) mass is 573 g/mol. The van der Waals surface area contributed by atoms with Crippen LogP contribution in [0.25, 0.3) is 45.3 Å². The fraction of sp³-hybridized carbons (Fsp3) is 0.118. The zero-order valence-corrected chi connectivity index (χ0v) is 23.3. The van der Waals surface area contributed by atoms with E-state index in [-0.39, 0.29) is 28.7 Å². The maximum Gasteiger partial charge on any atom is 0.299 e. The number of alkyl halides is 2. The number of hydrogen-bond donors (Lipinski definition) is 0. The summed E-state index contributed by atoms with van der Waals surface area (Å²) in [6, 6.07) is 31.0. The van der Waals surface area contributed by atoms with E-state index in [1.807, 2.05) is 66.7 Å². The Hall–Kier alpha value is -5.44. The molecule has 0 N–H and O–H groups in total. The van der Waals surface area contributed by atoms with Crippen molar-refractivity contribution in [1.29, 1.82) is 0 Å². The van der Waals surface area contributed by atoms with E-state index in [0.717, 1.165) is 11.1 Å². The van der Waals surface area contributed by atoms with Gasteiger partial charge < -0.3 is 9.47 Å². The molecule has 4 aromatic carbocycles. The van der Waals surface area contributed by atoms with Gasteiger partial charge in [0.05, 0.1) is 26.8 Å². The van der Waals surface area contributed by atoms with E-state index in [1.165, 1.54) is 32.4 Å². The highest BCUT2D eigenvalue weighted by molar-refractivity contribution is 5.84. The van der Waals surface area contributed by atoms with Gasteiger partial charge in [0.15, 0.2) is 17.5 Å². The Morgan fingerprint density at radius 1 is 0.628 bits per heavy atom. The van der Waals surface area contributed by atoms with Gasteiger partial charge in [0.25, 0.3) is 5.92 Å². The summed E-state index contributed by atoms with van der Waals surface area (Å²) in [5, 5.41) is 4.78. The Labute approximate surface area is 246 Å². The van der Waals surface area contributed by atoms with Gasteiger partial charge in [-0.25, -0.2) is 9.67 Å². The quantitative estimate of drug-likeness (QED) is 0.200. The van der Waals surface area contributed by atoms with Gasteiger partial charge in [0.2, 0.25) is 11.8 Å². The molecule has 212 valence electrons. The molecule has 2 aromatic heterocycles. The van der Waals surface area contributed by atoms with Crippen LogP contribution < -0.4 is 9.47 Å². The number of rotatable bonds is 7. The number of ether oxygens (including phenoxy) is 2. The standard InChI is InChI=1S/C34H25F2N5O2/c1-42-29-19-30(43-2)38-31(37-29)23-13-15-25-26-16-14-24(18-28(26)34(35,36)27(25)17-23)33-39-32(22-11-7-4-8-12-22)40-41(33)20-21-9-5-3-6-10-21/h3-19H,20H2,1-2H3. The second kappa shape index (κ2) is 10.4. The highest BCUT2D eigenvalue weighted by Crippen LogP contribution is 2.52. The minimum Gasteiger partial charge on any atom is -0.481 e. The van der Waals surface area contributed by atoms with Crippen molar-refractivity contribution in [1.82, 2.24) is 24.7 Å². The van der Waals surface area contributed by atoms with Gasteiger partial charge in [-0.05, 0) is 28.8 Å². The van der Waals surface area contributed by atoms with Crippen LogP contribution in [0.1, 0.15) is 16.7 Å². The number of nitrogens with zero attached hydrogens (tertiary/aromatic N) is 5. The maximum absolute atomic E-state index is 16.2. The molecule has 0 saturated carbocycles. The van der Waals surface area contributed by atoms with Gasteiger partial charge in [0, 0.05) is 27.8 Å². The SMILES string of the molecule is COc1cc(OC)nc(-c2ccc3c(c2)C(F)(F)c2cc(-c4nc(-c5ccccc5)nn4Cc4ccccc4)ccc2-3)n1. The molecule has 0 saturated heterocycles. The molecule has 6 aromatic rings. The summed E-state index contributed by atoms with van der Waals surface area (Å²) in [4.78, 5) is 13.5. The second-order valence-corrected chi connectivity index (χ2v) is 10.1. The molecule has 0 unspecified atom stereocenters.